The van der Waals surface area contributed by atoms with Gasteiger partial charge in [0.05, 0.1) is 23.9 Å². The van der Waals surface area contributed by atoms with Crippen molar-refractivity contribution in [3.05, 3.63) is 66.3 Å². The number of benzene rings is 1. The van der Waals surface area contributed by atoms with Gasteiger partial charge in [0.1, 0.15) is 11.6 Å². The zero-order chi connectivity index (χ0) is 22.2. The van der Waals surface area contributed by atoms with Crippen molar-refractivity contribution in [3.8, 4) is 5.75 Å². The van der Waals surface area contributed by atoms with Crippen LogP contribution in [0.25, 0.3) is 11.2 Å². The lowest BCUT2D eigenvalue weighted by molar-refractivity contribution is -0.137. The van der Waals surface area contributed by atoms with E-state index < -0.39 is 11.7 Å². The van der Waals surface area contributed by atoms with Crippen LogP contribution in [-0.2, 0) is 19.8 Å². The second-order valence-corrected chi connectivity index (χ2v) is 8.08. The first kappa shape index (κ1) is 21.4. The summed E-state index contributed by atoms with van der Waals surface area (Å²) >= 11 is 0. The molecule has 3 aromatic rings. The molecule has 5 nitrogen and oxygen atoms in total. The van der Waals surface area contributed by atoms with E-state index in [0.717, 1.165) is 54.2 Å². The van der Waals surface area contributed by atoms with E-state index in [4.69, 9.17) is 4.74 Å². The number of hydrogen-bond donors (Lipinski definition) is 0. The Hall–Kier alpha value is -2.87. The fourth-order valence-electron chi connectivity index (χ4n) is 4.46. The molecule has 0 spiro atoms. The van der Waals surface area contributed by atoms with Crippen LogP contribution in [0.4, 0.5) is 13.2 Å². The maximum atomic E-state index is 13.1. The largest absolute Gasteiger partial charge is 0.465 e. The van der Waals surface area contributed by atoms with E-state index in [0.29, 0.717) is 6.54 Å². The summed E-state index contributed by atoms with van der Waals surface area (Å²) in [6, 6.07) is 7.66. The number of aromatic nitrogens is 3. The van der Waals surface area contributed by atoms with Gasteiger partial charge in [-0.2, -0.15) is 13.2 Å². The van der Waals surface area contributed by atoms with Crippen LogP contribution >= 0.6 is 0 Å². The lowest BCUT2D eigenvalue weighted by Crippen LogP contribution is -2.38. The molecule has 8 heteroatoms. The summed E-state index contributed by atoms with van der Waals surface area (Å²) in [4.78, 5) is 11.3. The van der Waals surface area contributed by atoms with Gasteiger partial charge in [-0.15, -0.1) is 0 Å². The fourth-order valence-corrected chi connectivity index (χ4v) is 4.46. The van der Waals surface area contributed by atoms with Crippen LogP contribution in [0.1, 0.15) is 36.2 Å². The molecule has 2 unspecified atom stereocenters. The summed E-state index contributed by atoms with van der Waals surface area (Å²) in [5, 5.41) is 0. The molecule has 0 bridgehead atoms. The Morgan fingerprint density at radius 2 is 2.10 bits per heavy atom. The Balaban J connectivity index is 1.51. The molecule has 1 saturated heterocycles. The maximum Gasteiger partial charge on any atom is 0.416 e. The summed E-state index contributed by atoms with van der Waals surface area (Å²) < 4.78 is 46.8. The Morgan fingerprint density at radius 3 is 2.77 bits per heavy atom. The minimum atomic E-state index is -4.41. The third kappa shape index (κ3) is 4.30. The highest BCUT2D eigenvalue weighted by Gasteiger charge is 2.34. The van der Waals surface area contributed by atoms with Crippen molar-refractivity contribution in [3.63, 3.8) is 0 Å². The molecule has 0 radical (unpaired) electrons. The van der Waals surface area contributed by atoms with Crippen LogP contribution in [-0.4, -0.2) is 32.5 Å². The van der Waals surface area contributed by atoms with Crippen LogP contribution in [0.3, 0.4) is 0 Å². The zero-order valence-electron chi connectivity index (χ0n) is 17.6. The van der Waals surface area contributed by atoms with Crippen LogP contribution in [0, 0.1) is 5.92 Å². The summed E-state index contributed by atoms with van der Waals surface area (Å²) in [5.74, 6) is 1.53. The highest BCUT2D eigenvalue weighted by atomic mass is 19.4. The second kappa shape index (κ2) is 8.34. The monoisotopic (exact) mass is 430 g/mol. The van der Waals surface area contributed by atoms with Crippen molar-refractivity contribution >= 4 is 11.2 Å². The number of piperidine rings is 1. The first-order chi connectivity index (χ1) is 14.8. The van der Waals surface area contributed by atoms with Gasteiger partial charge in [-0.25, -0.2) is 9.97 Å². The molecule has 0 amide bonds. The van der Waals surface area contributed by atoms with E-state index in [1.54, 1.807) is 12.3 Å². The predicted molar refractivity (Wildman–Crippen MR) is 113 cm³/mol. The minimum absolute atomic E-state index is 0.107. The molecule has 164 valence electrons. The third-order valence-electron chi connectivity index (χ3n) is 6.05. The van der Waals surface area contributed by atoms with E-state index in [9.17, 15) is 13.2 Å². The van der Waals surface area contributed by atoms with Crippen molar-refractivity contribution in [1.29, 1.82) is 0 Å². The molecule has 3 heterocycles. The van der Waals surface area contributed by atoms with E-state index in [1.165, 1.54) is 6.26 Å². The first-order valence-electron chi connectivity index (χ1n) is 10.2. The number of likely N-dealkylation sites (tertiary alicyclic amines) is 1. The van der Waals surface area contributed by atoms with Crippen molar-refractivity contribution in [1.82, 2.24) is 19.4 Å². The van der Waals surface area contributed by atoms with Gasteiger partial charge in [0.2, 0.25) is 0 Å². The number of ether oxygens (including phenoxy) is 1. The molecule has 2 atom stereocenters. The summed E-state index contributed by atoms with van der Waals surface area (Å²) in [6.45, 7) is 7.98. The van der Waals surface area contributed by atoms with E-state index >= 15 is 0 Å². The van der Waals surface area contributed by atoms with Gasteiger partial charge in [-0.1, -0.05) is 19.6 Å². The van der Waals surface area contributed by atoms with Gasteiger partial charge in [-0.05, 0) is 54.6 Å². The smallest absolute Gasteiger partial charge is 0.416 e. The van der Waals surface area contributed by atoms with Gasteiger partial charge in [0.15, 0.2) is 5.65 Å². The van der Waals surface area contributed by atoms with Crippen molar-refractivity contribution in [2.75, 3.05) is 13.1 Å². The molecule has 0 N–H and O–H groups in total. The van der Waals surface area contributed by atoms with E-state index in [-0.39, 0.29) is 17.6 Å². The van der Waals surface area contributed by atoms with Gasteiger partial charge < -0.3 is 9.30 Å². The lowest BCUT2D eigenvalue weighted by Gasteiger charge is -2.37. The molecule has 31 heavy (non-hydrogen) atoms. The summed E-state index contributed by atoms with van der Waals surface area (Å²) in [6.07, 6.45) is -0.673. The number of imidazole rings is 1. The molecule has 4 rings (SSSR count). The topological polar surface area (TPSA) is 43.2 Å². The Bertz CT molecular complexity index is 1090. The van der Waals surface area contributed by atoms with Crippen molar-refractivity contribution in [2.24, 2.45) is 13.0 Å². The Labute approximate surface area is 179 Å². The molecule has 1 aromatic carbocycles. The first-order valence-corrected chi connectivity index (χ1v) is 10.2. The molecular weight excluding hydrogens is 405 g/mol. The third-order valence-corrected chi connectivity index (χ3v) is 6.05. The van der Waals surface area contributed by atoms with Gasteiger partial charge >= 0.3 is 6.18 Å². The lowest BCUT2D eigenvalue weighted by atomic mass is 9.81. The van der Waals surface area contributed by atoms with Crippen molar-refractivity contribution in [2.45, 2.75) is 32.0 Å². The maximum absolute atomic E-state index is 13.1. The van der Waals surface area contributed by atoms with Crippen LogP contribution < -0.4 is 4.74 Å². The van der Waals surface area contributed by atoms with Gasteiger partial charge in [0, 0.05) is 19.8 Å². The normalized spacial score (nSPS) is 20.2. The number of halogens is 3. The predicted octanol–water partition coefficient (Wildman–Crippen LogP) is 5.14. The number of hydrogen-bond acceptors (Lipinski definition) is 4. The zero-order valence-corrected chi connectivity index (χ0v) is 17.6. The molecule has 0 aliphatic carbocycles. The number of alkyl halides is 3. The summed E-state index contributed by atoms with van der Waals surface area (Å²) in [5.41, 5.74) is 1.82. The molecule has 1 aliphatic rings. The molecule has 2 aromatic heterocycles. The molecule has 0 saturated carbocycles. The molecular formula is C23H25F3N4O. The van der Waals surface area contributed by atoms with Gasteiger partial charge in [-0.3, -0.25) is 4.90 Å². The van der Waals surface area contributed by atoms with Crippen LogP contribution in [0.5, 0.6) is 5.75 Å². The second-order valence-electron chi connectivity index (χ2n) is 8.08. The summed E-state index contributed by atoms with van der Waals surface area (Å²) in [7, 11) is 1.99. The Morgan fingerprint density at radius 1 is 1.29 bits per heavy atom. The highest BCUT2D eigenvalue weighted by Crippen LogP contribution is 2.41. The van der Waals surface area contributed by atoms with E-state index in [1.807, 2.05) is 19.2 Å². The fraction of sp³-hybridized carbons (Fsp3) is 0.391. The average Bonchev–Trinajstić information content (AvgIpc) is 3.04. The quantitative estimate of drug-likeness (QED) is 0.526. The number of rotatable bonds is 5. The number of nitrogens with zero attached hydrogens (tertiary/aromatic N) is 4. The highest BCUT2D eigenvalue weighted by molar-refractivity contribution is 5.71. The van der Waals surface area contributed by atoms with Crippen molar-refractivity contribution < 1.29 is 17.9 Å². The number of fused-ring (bicyclic) bond motifs is 1. The average molecular weight is 430 g/mol. The van der Waals surface area contributed by atoms with Crippen LogP contribution in [0.2, 0.25) is 0 Å². The number of aryl methyl sites for hydroxylation is 1. The molecule has 1 aliphatic heterocycles. The minimum Gasteiger partial charge on any atom is -0.465 e. The van der Waals surface area contributed by atoms with Gasteiger partial charge in [0.25, 0.3) is 0 Å². The Kier molecular flexibility index (Phi) is 5.75. The SMILES string of the molecule is C=COc1cc(C(F)(F)F)ccc1C1CCN(Cc2nc3ncccc3n2C)CC1C. The molecule has 1 fully saturated rings. The van der Waals surface area contributed by atoms with E-state index in [2.05, 4.69) is 32.9 Å². The number of pyridine rings is 1. The standard InChI is InChI=1S/C23H25F3N4O/c1-4-31-20-12-16(23(24,25)26)7-8-18(20)17-9-11-30(13-15(17)2)14-21-28-22-19(29(21)3)6-5-10-27-22/h4-8,10,12,15,17H,1,9,11,13-14H2,2-3H3. The van der Waals surface area contributed by atoms with Crippen LogP contribution in [0.15, 0.2) is 49.4 Å².